The van der Waals surface area contributed by atoms with Crippen LogP contribution in [0.25, 0.3) is 0 Å². The van der Waals surface area contributed by atoms with Gasteiger partial charge in [-0.2, -0.15) is 0 Å². The Labute approximate surface area is 151 Å². The van der Waals surface area contributed by atoms with Crippen molar-refractivity contribution in [3.63, 3.8) is 0 Å². The molecule has 1 fully saturated rings. The average molecular weight is 369 g/mol. The fourth-order valence-corrected chi connectivity index (χ4v) is 3.07. The van der Waals surface area contributed by atoms with Gasteiger partial charge in [0.15, 0.2) is 17.5 Å². The van der Waals surface area contributed by atoms with E-state index in [4.69, 9.17) is 16.3 Å². The summed E-state index contributed by atoms with van der Waals surface area (Å²) in [5.41, 5.74) is -0.592. The molecular formula is C18H21ClO4S. The molecule has 130 valence electrons. The van der Waals surface area contributed by atoms with Gasteiger partial charge in [0.05, 0.1) is 5.02 Å². The van der Waals surface area contributed by atoms with Crippen LogP contribution in [0.1, 0.15) is 44.0 Å². The molecule has 0 spiro atoms. The lowest BCUT2D eigenvalue weighted by atomic mass is 9.91. The Morgan fingerprint density at radius 1 is 1.25 bits per heavy atom. The Morgan fingerprint density at radius 2 is 1.88 bits per heavy atom. The summed E-state index contributed by atoms with van der Waals surface area (Å²) in [5, 5.41) is 0.240. The van der Waals surface area contributed by atoms with Crippen LogP contribution in [0.5, 0.6) is 0 Å². The van der Waals surface area contributed by atoms with Gasteiger partial charge in [0.25, 0.3) is 0 Å². The summed E-state index contributed by atoms with van der Waals surface area (Å²) in [5.74, 6) is -3.41. The molecule has 0 radical (unpaired) electrons. The van der Waals surface area contributed by atoms with Crippen LogP contribution in [0.15, 0.2) is 23.1 Å². The zero-order valence-electron chi connectivity index (χ0n) is 14.2. The molecular weight excluding hydrogens is 348 g/mol. The molecule has 0 heterocycles. The third-order valence-electron chi connectivity index (χ3n) is 3.61. The van der Waals surface area contributed by atoms with E-state index in [1.165, 1.54) is 11.8 Å². The number of thioether (sulfide) groups is 1. The second-order valence-corrected chi connectivity index (χ2v) is 8.14. The van der Waals surface area contributed by atoms with Crippen molar-refractivity contribution in [2.45, 2.75) is 44.1 Å². The largest absolute Gasteiger partial charge is 0.459 e. The molecule has 1 aromatic rings. The van der Waals surface area contributed by atoms with Crippen molar-refractivity contribution in [1.29, 1.82) is 0 Å². The first-order valence-electron chi connectivity index (χ1n) is 7.78. The average Bonchev–Trinajstić information content (AvgIpc) is 3.29. The van der Waals surface area contributed by atoms with Crippen LogP contribution in [-0.4, -0.2) is 29.4 Å². The van der Waals surface area contributed by atoms with Crippen molar-refractivity contribution in [1.82, 2.24) is 0 Å². The Kier molecular flexibility index (Phi) is 5.76. The molecule has 0 aliphatic heterocycles. The molecule has 1 aliphatic carbocycles. The normalized spacial score (nSPS) is 15.7. The monoisotopic (exact) mass is 368 g/mol. The molecule has 4 nitrogen and oxygen atoms in total. The van der Waals surface area contributed by atoms with Gasteiger partial charge in [0.1, 0.15) is 5.60 Å². The Morgan fingerprint density at radius 3 is 2.33 bits per heavy atom. The van der Waals surface area contributed by atoms with Crippen LogP contribution in [0.2, 0.25) is 5.02 Å². The van der Waals surface area contributed by atoms with Crippen molar-refractivity contribution in [2.75, 3.05) is 6.26 Å². The lowest BCUT2D eigenvalue weighted by Crippen LogP contribution is -2.38. The van der Waals surface area contributed by atoms with E-state index in [1.807, 2.05) is 6.26 Å². The van der Waals surface area contributed by atoms with Crippen molar-refractivity contribution >= 4 is 40.9 Å². The number of hydrogen-bond acceptors (Lipinski definition) is 5. The van der Waals surface area contributed by atoms with Gasteiger partial charge >= 0.3 is 5.97 Å². The van der Waals surface area contributed by atoms with E-state index in [-0.39, 0.29) is 22.3 Å². The molecule has 1 unspecified atom stereocenters. The van der Waals surface area contributed by atoms with Crippen molar-refractivity contribution in [2.24, 2.45) is 11.8 Å². The van der Waals surface area contributed by atoms with E-state index < -0.39 is 23.3 Å². The van der Waals surface area contributed by atoms with Crippen molar-refractivity contribution in [3.05, 3.63) is 28.8 Å². The Hall–Kier alpha value is -1.33. The van der Waals surface area contributed by atoms with Crippen molar-refractivity contribution in [3.8, 4) is 0 Å². The molecule has 0 N–H and O–H groups in total. The SMILES string of the molecule is CSc1ccc(C(=O)C(C(=O)OC(C)(C)C)C(=O)C2CC2)c(Cl)c1. The lowest BCUT2D eigenvalue weighted by molar-refractivity contribution is -0.160. The number of esters is 1. The lowest BCUT2D eigenvalue weighted by Gasteiger charge is -2.23. The summed E-state index contributed by atoms with van der Waals surface area (Å²) in [6.07, 6.45) is 3.32. The van der Waals surface area contributed by atoms with Crippen LogP contribution in [0.4, 0.5) is 0 Å². The molecule has 24 heavy (non-hydrogen) atoms. The standard InChI is InChI=1S/C18H21ClO4S/c1-18(2,3)23-17(22)14(15(20)10-5-6-10)16(21)12-8-7-11(24-4)9-13(12)19/h7-10,14H,5-6H2,1-4H3. The second-order valence-electron chi connectivity index (χ2n) is 6.85. The molecule has 0 saturated heterocycles. The van der Waals surface area contributed by atoms with Gasteiger partial charge in [-0.15, -0.1) is 11.8 Å². The van der Waals surface area contributed by atoms with Crippen LogP contribution in [0.3, 0.4) is 0 Å². The number of carbonyl (C=O) groups is 3. The molecule has 1 aromatic carbocycles. The van der Waals surface area contributed by atoms with E-state index >= 15 is 0 Å². The molecule has 2 rings (SSSR count). The summed E-state index contributed by atoms with van der Waals surface area (Å²) < 4.78 is 5.30. The third-order valence-corrected chi connectivity index (χ3v) is 4.65. The summed E-state index contributed by atoms with van der Waals surface area (Å²) >= 11 is 7.68. The predicted octanol–water partition coefficient (Wildman–Crippen LogP) is 4.18. The number of Topliss-reactive ketones (excluding diaryl/α,β-unsaturated/α-hetero) is 2. The van der Waals surface area contributed by atoms with Gasteiger partial charge in [-0.05, 0) is 58.1 Å². The maximum atomic E-state index is 12.9. The second kappa shape index (κ2) is 7.28. The first kappa shape index (κ1) is 19.0. The summed E-state index contributed by atoms with van der Waals surface area (Å²) in [6, 6.07) is 4.97. The van der Waals surface area contributed by atoms with E-state index in [9.17, 15) is 14.4 Å². The molecule has 1 saturated carbocycles. The van der Waals surface area contributed by atoms with Gasteiger partial charge in [0.2, 0.25) is 0 Å². The highest BCUT2D eigenvalue weighted by atomic mass is 35.5. The van der Waals surface area contributed by atoms with E-state index in [0.29, 0.717) is 12.8 Å². The number of ketones is 2. The minimum absolute atomic E-state index is 0.180. The number of halogens is 1. The first-order chi connectivity index (χ1) is 11.1. The van der Waals surface area contributed by atoms with E-state index in [1.54, 1.807) is 39.0 Å². The smallest absolute Gasteiger partial charge is 0.325 e. The molecule has 1 atom stereocenters. The number of hydrogen-bond donors (Lipinski definition) is 0. The zero-order chi connectivity index (χ0) is 18.1. The fraction of sp³-hybridized carbons (Fsp3) is 0.500. The quantitative estimate of drug-likeness (QED) is 0.326. The number of benzene rings is 1. The predicted molar refractivity (Wildman–Crippen MR) is 94.6 cm³/mol. The third kappa shape index (κ3) is 4.61. The van der Waals surface area contributed by atoms with Crippen molar-refractivity contribution < 1.29 is 19.1 Å². The molecule has 0 amide bonds. The number of ether oxygens (including phenoxy) is 1. The van der Waals surface area contributed by atoms with Crippen LogP contribution >= 0.6 is 23.4 Å². The summed E-state index contributed by atoms with van der Waals surface area (Å²) in [7, 11) is 0. The highest BCUT2D eigenvalue weighted by molar-refractivity contribution is 7.98. The summed E-state index contributed by atoms with van der Waals surface area (Å²) in [6.45, 7) is 5.11. The van der Waals surface area contributed by atoms with Gasteiger partial charge in [0, 0.05) is 16.4 Å². The van der Waals surface area contributed by atoms with E-state index in [2.05, 4.69) is 0 Å². The highest BCUT2D eigenvalue weighted by Crippen LogP contribution is 2.35. The maximum Gasteiger partial charge on any atom is 0.325 e. The minimum atomic E-state index is -1.44. The maximum absolute atomic E-state index is 12.9. The minimum Gasteiger partial charge on any atom is -0.459 e. The molecule has 0 bridgehead atoms. The number of carbonyl (C=O) groups excluding carboxylic acids is 3. The first-order valence-corrected chi connectivity index (χ1v) is 9.38. The van der Waals surface area contributed by atoms with Gasteiger partial charge < -0.3 is 4.74 Å². The molecule has 0 aromatic heterocycles. The Balaban J connectivity index is 2.34. The van der Waals surface area contributed by atoms with Crippen LogP contribution < -0.4 is 0 Å². The fourth-order valence-electron chi connectivity index (χ4n) is 2.29. The van der Waals surface area contributed by atoms with Gasteiger partial charge in [-0.1, -0.05) is 11.6 Å². The van der Waals surface area contributed by atoms with Crippen LogP contribution in [-0.2, 0) is 14.3 Å². The van der Waals surface area contributed by atoms with Gasteiger partial charge in [-0.3, -0.25) is 14.4 Å². The van der Waals surface area contributed by atoms with Gasteiger partial charge in [-0.25, -0.2) is 0 Å². The topological polar surface area (TPSA) is 60.4 Å². The number of rotatable bonds is 6. The van der Waals surface area contributed by atoms with E-state index in [0.717, 1.165) is 4.90 Å². The Bertz CT molecular complexity index is 674. The van der Waals surface area contributed by atoms with Crippen LogP contribution in [0, 0.1) is 11.8 Å². The summed E-state index contributed by atoms with van der Waals surface area (Å²) in [4.78, 5) is 38.7. The zero-order valence-corrected chi connectivity index (χ0v) is 15.8. The molecule has 6 heteroatoms. The molecule has 1 aliphatic rings. The highest BCUT2D eigenvalue weighted by Gasteiger charge is 2.44.